The van der Waals surface area contributed by atoms with Gasteiger partial charge in [0, 0.05) is 16.9 Å². The first-order chi connectivity index (χ1) is 12.6. The highest BCUT2D eigenvalue weighted by molar-refractivity contribution is 7.20. The maximum Gasteiger partial charge on any atom is 0.358 e. The Balaban J connectivity index is 1.41. The van der Waals surface area contributed by atoms with Crippen LogP contribution in [0.3, 0.4) is 0 Å². The molecule has 134 valence electrons. The van der Waals surface area contributed by atoms with Gasteiger partial charge >= 0.3 is 5.97 Å². The molecule has 0 aliphatic rings. The van der Waals surface area contributed by atoms with Crippen molar-refractivity contribution in [2.24, 2.45) is 0 Å². The molecule has 0 saturated carbocycles. The van der Waals surface area contributed by atoms with Gasteiger partial charge in [-0.15, -0.1) is 22.7 Å². The molecule has 1 amide bonds. The Bertz CT molecular complexity index is 876. The smallest absolute Gasteiger partial charge is 0.358 e. The van der Waals surface area contributed by atoms with Crippen molar-refractivity contribution in [3.8, 4) is 9.88 Å². The van der Waals surface area contributed by atoms with E-state index >= 15 is 0 Å². The Morgan fingerprint density at radius 1 is 1.15 bits per heavy atom. The zero-order valence-electron chi connectivity index (χ0n) is 13.6. The lowest BCUT2D eigenvalue weighted by molar-refractivity contribution is -0.124. The van der Waals surface area contributed by atoms with Crippen LogP contribution in [0.15, 0.2) is 47.2 Å². The highest BCUT2D eigenvalue weighted by Gasteiger charge is 2.15. The van der Waals surface area contributed by atoms with Crippen molar-refractivity contribution in [1.29, 1.82) is 0 Å². The van der Waals surface area contributed by atoms with E-state index in [1.165, 1.54) is 11.3 Å². The van der Waals surface area contributed by atoms with Crippen LogP contribution in [0.5, 0.6) is 0 Å². The number of thiazole rings is 1. The van der Waals surface area contributed by atoms with Crippen molar-refractivity contribution in [3.05, 3.63) is 63.4 Å². The van der Waals surface area contributed by atoms with Crippen LogP contribution in [-0.4, -0.2) is 30.0 Å². The second-order valence-corrected chi connectivity index (χ2v) is 7.56. The Labute approximate surface area is 163 Å². The first-order valence-electron chi connectivity index (χ1n) is 7.79. The summed E-state index contributed by atoms with van der Waals surface area (Å²) in [5.41, 5.74) is 1.28. The number of esters is 1. The van der Waals surface area contributed by atoms with E-state index in [2.05, 4.69) is 10.3 Å². The molecule has 2 heterocycles. The molecule has 0 aliphatic carbocycles. The summed E-state index contributed by atoms with van der Waals surface area (Å²) in [5, 5.41) is 7.74. The fraction of sp³-hybridized carbons (Fsp3) is 0.167. The summed E-state index contributed by atoms with van der Waals surface area (Å²) in [4.78, 5) is 29.0. The van der Waals surface area contributed by atoms with E-state index < -0.39 is 5.97 Å². The summed E-state index contributed by atoms with van der Waals surface area (Å²) < 4.78 is 5.02. The minimum absolute atomic E-state index is 0.215. The quantitative estimate of drug-likeness (QED) is 0.601. The average molecular weight is 407 g/mol. The molecule has 5 nitrogen and oxygen atoms in total. The van der Waals surface area contributed by atoms with E-state index in [0.717, 1.165) is 15.4 Å². The number of nitrogens with one attached hydrogen (secondary N) is 1. The van der Waals surface area contributed by atoms with Gasteiger partial charge in [-0.25, -0.2) is 9.78 Å². The van der Waals surface area contributed by atoms with Gasteiger partial charge in [-0.2, -0.15) is 0 Å². The Kier molecular flexibility index (Phi) is 6.38. The van der Waals surface area contributed by atoms with Crippen LogP contribution < -0.4 is 5.32 Å². The van der Waals surface area contributed by atoms with Crippen molar-refractivity contribution in [2.45, 2.75) is 6.42 Å². The monoisotopic (exact) mass is 406 g/mol. The van der Waals surface area contributed by atoms with Crippen LogP contribution in [0.1, 0.15) is 16.1 Å². The molecule has 0 spiro atoms. The van der Waals surface area contributed by atoms with Gasteiger partial charge in [-0.05, 0) is 35.6 Å². The van der Waals surface area contributed by atoms with Crippen LogP contribution in [0.2, 0.25) is 5.02 Å². The van der Waals surface area contributed by atoms with Crippen molar-refractivity contribution in [3.63, 3.8) is 0 Å². The third-order valence-corrected chi connectivity index (χ3v) is 5.56. The maximum atomic E-state index is 12.0. The van der Waals surface area contributed by atoms with Crippen LogP contribution in [-0.2, 0) is 16.0 Å². The van der Waals surface area contributed by atoms with Crippen molar-refractivity contribution < 1.29 is 14.3 Å². The number of carbonyl (C=O) groups excluding carboxylic acids is 2. The van der Waals surface area contributed by atoms with Gasteiger partial charge < -0.3 is 10.1 Å². The van der Waals surface area contributed by atoms with Gasteiger partial charge in [0.25, 0.3) is 5.91 Å². The molecule has 2 aromatic heterocycles. The first kappa shape index (κ1) is 18.6. The highest BCUT2D eigenvalue weighted by Crippen LogP contribution is 2.27. The number of hydrogen-bond donors (Lipinski definition) is 1. The van der Waals surface area contributed by atoms with Gasteiger partial charge in [-0.3, -0.25) is 4.79 Å². The maximum absolute atomic E-state index is 12.0. The molecule has 0 atom stereocenters. The van der Waals surface area contributed by atoms with E-state index in [1.54, 1.807) is 28.8 Å². The summed E-state index contributed by atoms with van der Waals surface area (Å²) in [7, 11) is 0. The molecule has 0 bridgehead atoms. The third-order valence-electron chi connectivity index (χ3n) is 3.43. The van der Waals surface area contributed by atoms with Crippen molar-refractivity contribution in [1.82, 2.24) is 10.3 Å². The summed E-state index contributed by atoms with van der Waals surface area (Å²) in [6, 6.07) is 11.3. The number of amides is 1. The molecule has 3 rings (SSSR count). The van der Waals surface area contributed by atoms with E-state index in [-0.39, 0.29) is 18.2 Å². The molecule has 8 heteroatoms. The Hall–Kier alpha value is -2.22. The van der Waals surface area contributed by atoms with E-state index in [0.29, 0.717) is 18.0 Å². The summed E-state index contributed by atoms with van der Waals surface area (Å²) in [6.45, 7) is 0.128. The van der Waals surface area contributed by atoms with Gasteiger partial charge in [0.1, 0.15) is 5.01 Å². The van der Waals surface area contributed by atoms with Crippen molar-refractivity contribution in [2.75, 3.05) is 13.2 Å². The molecular formula is C18H15ClN2O3S2. The molecule has 0 radical (unpaired) electrons. The predicted octanol–water partition coefficient (Wildman–Crippen LogP) is 4.04. The number of benzene rings is 1. The lowest BCUT2D eigenvalue weighted by Crippen LogP contribution is -2.30. The molecule has 1 N–H and O–H groups in total. The number of aromatic nitrogens is 1. The summed E-state index contributed by atoms with van der Waals surface area (Å²) in [6.07, 6.45) is 0.674. The highest BCUT2D eigenvalue weighted by atomic mass is 35.5. The standard InChI is InChI=1S/C18H15ClN2O3S2/c19-13-5-3-12(4-6-13)7-8-20-16(22)10-24-18(23)14-11-26-17(21-14)15-2-1-9-25-15/h1-6,9,11H,7-8,10H2,(H,20,22). The zero-order chi connectivity index (χ0) is 18.4. The average Bonchev–Trinajstić information content (AvgIpc) is 3.32. The third kappa shape index (κ3) is 5.14. The zero-order valence-corrected chi connectivity index (χ0v) is 16.0. The Morgan fingerprint density at radius 2 is 1.96 bits per heavy atom. The summed E-state index contributed by atoms with van der Waals surface area (Å²) in [5.74, 6) is -0.946. The Morgan fingerprint density at radius 3 is 2.69 bits per heavy atom. The number of hydrogen-bond acceptors (Lipinski definition) is 6. The van der Waals surface area contributed by atoms with Gasteiger partial charge in [-0.1, -0.05) is 29.8 Å². The van der Waals surface area contributed by atoms with Crippen LogP contribution >= 0.6 is 34.3 Å². The minimum Gasteiger partial charge on any atom is -0.451 e. The number of carbonyl (C=O) groups is 2. The van der Waals surface area contributed by atoms with E-state index in [1.807, 2.05) is 29.6 Å². The van der Waals surface area contributed by atoms with Gasteiger partial charge in [0.05, 0.1) is 4.88 Å². The SMILES string of the molecule is O=C(COC(=O)c1csc(-c2cccs2)n1)NCCc1ccc(Cl)cc1. The number of rotatable bonds is 7. The first-order valence-corrected chi connectivity index (χ1v) is 9.93. The number of thiophene rings is 1. The second-order valence-electron chi connectivity index (χ2n) is 5.32. The molecule has 26 heavy (non-hydrogen) atoms. The topological polar surface area (TPSA) is 68.3 Å². The van der Waals surface area contributed by atoms with Crippen LogP contribution in [0.4, 0.5) is 0 Å². The fourth-order valence-corrected chi connectivity index (χ4v) is 3.86. The number of nitrogens with zero attached hydrogens (tertiary/aromatic N) is 1. The van der Waals surface area contributed by atoms with E-state index in [9.17, 15) is 9.59 Å². The molecular weight excluding hydrogens is 392 g/mol. The van der Waals surface area contributed by atoms with E-state index in [4.69, 9.17) is 16.3 Å². The predicted molar refractivity (Wildman–Crippen MR) is 104 cm³/mol. The molecule has 1 aromatic carbocycles. The molecule has 0 fully saturated rings. The molecule has 3 aromatic rings. The van der Waals surface area contributed by atoms with Crippen LogP contribution in [0, 0.1) is 0 Å². The second kappa shape index (κ2) is 8.93. The number of halogens is 1. The van der Waals surface area contributed by atoms with Crippen molar-refractivity contribution >= 4 is 46.2 Å². The molecule has 0 unspecified atom stereocenters. The minimum atomic E-state index is -0.600. The molecule has 0 aliphatic heterocycles. The van der Waals surface area contributed by atoms with Gasteiger partial charge in [0.15, 0.2) is 12.3 Å². The number of ether oxygens (including phenoxy) is 1. The lowest BCUT2D eigenvalue weighted by atomic mass is 10.1. The van der Waals surface area contributed by atoms with Crippen LogP contribution in [0.25, 0.3) is 9.88 Å². The van der Waals surface area contributed by atoms with Gasteiger partial charge in [0.2, 0.25) is 0 Å². The summed E-state index contributed by atoms with van der Waals surface area (Å²) >= 11 is 8.75. The lowest BCUT2D eigenvalue weighted by Gasteiger charge is -2.06. The fourth-order valence-electron chi connectivity index (χ4n) is 2.13. The largest absolute Gasteiger partial charge is 0.451 e. The molecule has 0 saturated heterocycles. The normalized spacial score (nSPS) is 10.5.